The highest BCUT2D eigenvalue weighted by atomic mass is 35.5. The molecule has 2 aromatic rings. The van der Waals surface area contributed by atoms with Gasteiger partial charge in [0.25, 0.3) is 0 Å². The quantitative estimate of drug-likeness (QED) is 0.889. The van der Waals surface area contributed by atoms with Crippen molar-refractivity contribution in [3.63, 3.8) is 0 Å². The van der Waals surface area contributed by atoms with Crippen molar-refractivity contribution in [1.29, 1.82) is 0 Å². The van der Waals surface area contributed by atoms with Gasteiger partial charge in [0.05, 0.1) is 20.3 Å². The first-order valence-electron chi connectivity index (χ1n) is 6.03. The van der Waals surface area contributed by atoms with Crippen molar-refractivity contribution in [1.82, 2.24) is 0 Å². The van der Waals surface area contributed by atoms with Gasteiger partial charge in [-0.15, -0.1) is 0 Å². The predicted octanol–water partition coefficient (Wildman–Crippen LogP) is 3.13. The van der Waals surface area contributed by atoms with E-state index >= 15 is 0 Å². The molecule has 20 heavy (non-hydrogen) atoms. The van der Waals surface area contributed by atoms with Gasteiger partial charge in [-0.05, 0) is 35.4 Å². The summed E-state index contributed by atoms with van der Waals surface area (Å²) in [7, 11) is 1.53. The van der Waals surface area contributed by atoms with Crippen LogP contribution >= 0.6 is 11.6 Å². The summed E-state index contributed by atoms with van der Waals surface area (Å²) in [6.45, 7) is -0.179. The van der Waals surface area contributed by atoms with Crippen LogP contribution in [0.3, 0.4) is 0 Å². The van der Waals surface area contributed by atoms with E-state index in [1.807, 2.05) is 0 Å². The van der Waals surface area contributed by atoms with E-state index in [1.165, 1.54) is 7.11 Å². The molecule has 0 saturated heterocycles. The molecule has 0 amide bonds. The lowest BCUT2D eigenvalue weighted by Gasteiger charge is -2.12. The first-order valence-corrected chi connectivity index (χ1v) is 6.40. The summed E-state index contributed by atoms with van der Waals surface area (Å²) in [5.74, 6) is 1.60. The summed E-state index contributed by atoms with van der Waals surface area (Å²) in [6, 6.07) is 10.2. The van der Waals surface area contributed by atoms with Crippen LogP contribution in [0.25, 0.3) is 0 Å². The van der Waals surface area contributed by atoms with Crippen LogP contribution < -0.4 is 9.47 Å². The Hall–Kier alpha value is -1.75. The van der Waals surface area contributed by atoms with E-state index in [-0.39, 0.29) is 13.2 Å². The molecule has 5 heteroatoms. The van der Waals surface area contributed by atoms with Crippen molar-refractivity contribution in [3.05, 3.63) is 52.5 Å². The molecule has 0 spiro atoms. The van der Waals surface area contributed by atoms with E-state index in [0.717, 1.165) is 5.56 Å². The van der Waals surface area contributed by atoms with Crippen LogP contribution in [0.15, 0.2) is 36.4 Å². The van der Waals surface area contributed by atoms with Gasteiger partial charge in [0, 0.05) is 5.02 Å². The number of halogens is 1. The number of rotatable bonds is 5. The number of benzene rings is 2. The van der Waals surface area contributed by atoms with Crippen LogP contribution in [0, 0.1) is 0 Å². The smallest absolute Gasteiger partial charge is 0.169 e. The monoisotopic (exact) mass is 294 g/mol. The number of hydrogen-bond acceptors (Lipinski definition) is 4. The third kappa shape index (κ3) is 3.22. The van der Waals surface area contributed by atoms with Crippen LogP contribution in [-0.2, 0) is 13.2 Å². The van der Waals surface area contributed by atoms with Crippen molar-refractivity contribution in [3.8, 4) is 17.2 Å². The van der Waals surface area contributed by atoms with E-state index < -0.39 is 0 Å². The molecule has 2 rings (SSSR count). The fourth-order valence-electron chi connectivity index (χ4n) is 1.74. The fourth-order valence-corrected chi connectivity index (χ4v) is 1.97. The first kappa shape index (κ1) is 14.7. The minimum atomic E-state index is -0.117. The summed E-state index contributed by atoms with van der Waals surface area (Å²) in [5.41, 5.74) is 1.38. The molecule has 0 aromatic heterocycles. The number of methoxy groups -OCH3 is 1. The Kier molecular flexibility index (Phi) is 4.84. The standard InChI is InChI=1S/C15H15ClO4/c1-19-15-6-10(8-17)2-5-14(15)20-12-4-3-11(9-18)13(16)7-12/h2-7,17-18H,8-9H2,1H3. The predicted molar refractivity (Wildman–Crippen MR) is 76.4 cm³/mol. The van der Waals surface area contributed by atoms with E-state index in [9.17, 15) is 0 Å². The summed E-state index contributed by atoms with van der Waals surface area (Å²) < 4.78 is 10.9. The van der Waals surface area contributed by atoms with Gasteiger partial charge in [-0.1, -0.05) is 23.7 Å². The molecule has 0 heterocycles. The molecule has 0 bridgehead atoms. The molecular weight excluding hydrogens is 280 g/mol. The summed E-state index contributed by atoms with van der Waals surface area (Å²) in [6.07, 6.45) is 0. The normalized spacial score (nSPS) is 10.4. The van der Waals surface area contributed by atoms with Gasteiger partial charge in [0.2, 0.25) is 0 Å². The second kappa shape index (κ2) is 6.61. The largest absolute Gasteiger partial charge is 0.493 e. The van der Waals surface area contributed by atoms with Gasteiger partial charge in [-0.2, -0.15) is 0 Å². The molecule has 0 fully saturated rings. The molecule has 0 aliphatic carbocycles. The van der Waals surface area contributed by atoms with Crippen molar-refractivity contribution < 1.29 is 19.7 Å². The van der Waals surface area contributed by atoms with Crippen molar-refractivity contribution in [2.45, 2.75) is 13.2 Å². The molecule has 106 valence electrons. The van der Waals surface area contributed by atoms with Gasteiger partial charge in [-0.3, -0.25) is 0 Å². The molecule has 0 atom stereocenters. The van der Waals surface area contributed by atoms with Gasteiger partial charge in [-0.25, -0.2) is 0 Å². The van der Waals surface area contributed by atoms with Gasteiger partial charge >= 0.3 is 0 Å². The highest BCUT2D eigenvalue weighted by molar-refractivity contribution is 6.31. The lowest BCUT2D eigenvalue weighted by Crippen LogP contribution is -1.93. The maximum Gasteiger partial charge on any atom is 0.169 e. The SMILES string of the molecule is COc1cc(CO)ccc1Oc1ccc(CO)c(Cl)c1. The summed E-state index contributed by atoms with van der Waals surface area (Å²) in [5, 5.41) is 18.6. The molecule has 0 saturated carbocycles. The second-order valence-corrected chi connectivity index (χ2v) is 4.56. The van der Waals surface area contributed by atoms with Crippen molar-refractivity contribution >= 4 is 11.6 Å². The van der Waals surface area contributed by atoms with Crippen LogP contribution in [-0.4, -0.2) is 17.3 Å². The first-order chi connectivity index (χ1) is 9.67. The number of aliphatic hydroxyl groups is 2. The summed E-state index contributed by atoms with van der Waals surface area (Å²) >= 11 is 6.01. The maximum atomic E-state index is 9.09. The third-order valence-corrected chi connectivity index (χ3v) is 3.19. The number of hydrogen-bond donors (Lipinski definition) is 2. The minimum Gasteiger partial charge on any atom is -0.493 e. The third-order valence-electron chi connectivity index (χ3n) is 2.83. The van der Waals surface area contributed by atoms with E-state index in [4.69, 9.17) is 31.3 Å². The Morgan fingerprint density at radius 1 is 1.00 bits per heavy atom. The van der Waals surface area contributed by atoms with Crippen LogP contribution in [0.2, 0.25) is 5.02 Å². The molecule has 0 aliphatic heterocycles. The fraction of sp³-hybridized carbons (Fsp3) is 0.200. The Morgan fingerprint density at radius 3 is 2.40 bits per heavy atom. The number of aliphatic hydroxyl groups excluding tert-OH is 2. The van der Waals surface area contributed by atoms with Crippen LogP contribution in [0.5, 0.6) is 17.2 Å². The Bertz CT molecular complexity index is 598. The lowest BCUT2D eigenvalue weighted by atomic mass is 10.2. The molecule has 0 aliphatic rings. The Balaban J connectivity index is 2.27. The molecule has 4 nitrogen and oxygen atoms in total. The van der Waals surface area contributed by atoms with Crippen molar-refractivity contribution in [2.24, 2.45) is 0 Å². The average molecular weight is 295 g/mol. The molecular formula is C15H15ClO4. The van der Waals surface area contributed by atoms with E-state index in [1.54, 1.807) is 36.4 Å². The average Bonchev–Trinajstić information content (AvgIpc) is 2.48. The summed E-state index contributed by atoms with van der Waals surface area (Å²) in [4.78, 5) is 0. The van der Waals surface area contributed by atoms with Crippen LogP contribution in [0.1, 0.15) is 11.1 Å². The number of ether oxygens (including phenoxy) is 2. The van der Waals surface area contributed by atoms with Crippen LogP contribution in [0.4, 0.5) is 0 Å². The molecule has 0 unspecified atom stereocenters. The highest BCUT2D eigenvalue weighted by Gasteiger charge is 2.08. The highest BCUT2D eigenvalue weighted by Crippen LogP contribution is 2.33. The van der Waals surface area contributed by atoms with E-state index in [0.29, 0.717) is 27.8 Å². The zero-order valence-electron chi connectivity index (χ0n) is 11.0. The van der Waals surface area contributed by atoms with Gasteiger partial charge in [0.15, 0.2) is 11.5 Å². The Labute approximate surface area is 122 Å². The molecule has 2 aromatic carbocycles. The lowest BCUT2D eigenvalue weighted by molar-refractivity contribution is 0.280. The van der Waals surface area contributed by atoms with Crippen molar-refractivity contribution in [2.75, 3.05) is 7.11 Å². The topological polar surface area (TPSA) is 58.9 Å². The van der Waals surface area contributed by atoms with Gasteiger partial charge < -0.3 is 19.7 Å². The maximum absolute atomic E-state index is 9.09. The molecule has 0 radical (unpaired) electrons. The second-order valence-electron chi connectivity index (χ2n) is 4.16. The van der Waals surface area contributed by atoms with E-state index in [2.05, 4.69) is 0 Å². The molecule has 2 N–H and O–H groups in total. The minimum absolute atomic E-state index is 0.0618. The zero-order valence-corrected chi connectivity index (χ0v) is 11.7. The zero-order chi connectivity index (χ0) is 14.5. The Morgan fingerprint density at radius 2 is 1.80 bits per heavy atom. The van der Waals surface area contributed by atoms with Gasteiger partial charge in [0.1, 0.15) is 5.75 Å².